The standard InChI is InChI=1S/C11H9N3O4/c15-6-8-5-10(12-13-11(8)16)7-1-3-9(4-2-7)14(17)18/h1-5,15H,6H2,(H,13,16). The molecule has 0 spiro atoms. The molecule has 2 rings (SSSR count). The molecule has 1 aromatic heterocycles. The molecule has 0 aliphatic heterocycles. The van der Waals surface area contributed by atoms with Gasteiger partial charge in [0.05, 0.1) is 17.2 Å². The number of nitrogens with zero attached hydrogens (tertiary/aromatic N) is 2. The fourth-order valence-electron chi connectivity index (χ4n) is 1.46. The molecular weight excluding hydrogens is 238 g/mol. The molecule has 0 radical (unpaired) electrons. The van der Waals surface area contributed by atoms with E-state index in [0.29, 0.717) is 11.3 Å². The van der Waals surface area contributed by atoms with Gasteiger partial charge in [0.25, 0.3) is 11.2 Å². The van der Waals surface area contributed by atoms with Gasteiger partial charge in [0, 0.05) is 23.3 Å². The number of aliphatic hydroxyl groups excluding tert-OH is 1. The first-order valence-corrected chi connectivity index (χ1v) is 5.06. The highest BCUT2D eigenvalue weighted by atomic mass is 16.6. The molecule has 2 aromatic rings. The van der Waals surface area contributed by atoms with Crippen molar-refractivity contribution >= 4 is 5.69 Å². The van der Waals surface area contributed by atoms with Crippen molar-refractivity contribution < 1.29 is 10.0 Å². The lowest BCUT2D eigenvalue weighted by Gasteiger charge is -2.01. The summed E-state index contributed by atoms with van der Waals surface area (Å²) in [7, 11) is 0. The molecule has 7 nitrogen and oxygen atoms in total. The Bertz CT molecular complexity index is 633. The van der Waals surface area contributed by atoms with E-state index in [2.05, 4.69) is 10.2 Å². The Morgan fingerprint density at radius 3 is 2.56 bits per heavy atom. The summed E-state index contributed by atoms with van der Waals surface area (Å²) in [5.74, 6) is 0. The Morgan fingerprint density at radius 1 is 1.33 bits per heavy atom. The smallest absolute Gasteiger partial charge is 0.269 e. The number of H-pyrrole nitrogens is 1. The summed E-state index contributed by atoms with van der Waals surface area (Å²) in [6.45, 7) is -0.391. The van der Waals surface area contributed by atoms with E-state index in [9.17, 15) is 14.9 Å². The third-order valence-corrected chi connectivity index (χ3v) is 2.42. The molecule has 1 aromatic carbocycles. The van der Waals surface area contributed by atoms with Gasteiger partial charge in [0.15, 0.2) is 0 Å². The van der Waals surface area contributed by atoms with Crippen LogP contribution in [0.2, 0.25) is 0 Å². The molecule has 0 atom stereocenters. The van der Waals surface area contributed by atoms with E-state index in [4.69, 9.17) is 5.11 Å². The van der Waals surface area contributed by atoms with Crippen molar-refractivity contribution in [3.63, 3.8) is 0 Å². The first-order chi connectivity index (χ1) is 8.61. The summed E-state index contributed by atoms with van der Waals surface area (Å²) in [5, 5.41) is 25.5. The number of aromatic amines is 1. The average molecular weight is 247 g/mol. The number of nitro groups is 1. The van der Waals surface area contributed by atoms with Crippen LogP contribution in [0.1, 0.15) is 5.56 Å². The van der Waals surface area contributed by atoms with Gasteiger partial charge in [-0.25, -0.2) is 5.10 Å². The van der Waals surface area contributed by atoms with Gasteiger partial charge in [-0.3, -0.25) is 14.9 Å². The predicted molar refractivity (Wildman–Crippen MR) is 62.9 cm³/mol. The van der Waals surface area contributed by atoms with E-state index in [0.717, 1.165) is 0 Å². The van der Waals surface area contributed by atoms with Crippen LogP contribution in [0.3, 0.4) is 0 Å². The van der Waals surface area contributed by atoms with Crippen molar-refractivity contribution in [2.45, 2.75) is 6.61 Å². The molecule has 0 amide bonds. The first-order valence-electron chi connectivity index (χ1n) is 5.06. The van der Waals surface area contributed by atoms with Crippen molar-refractivity contribution in [1.82, 2.24) is 10.2 Å². The molecule has 18 heavy (non-hydrogen) atoms. The Balaban J connectivity index is 2.42. The number of aromatic nitrogens is 2. The number of non-ortho nitro benzene ring substituents is 1. The Kier molecular flexibility index (Phi) is 3.16. The highest BCUT2D eigenvalue weighted by Crippen LogP contribution is 2.20. The van der Waals surface area contributed by atoms with Crippen molar-refractivity contribution in [2.75, 3.05) is 0 Å². The van der Waals surface area contributed by atoms with Crippen molar-refractivity contribution in [2.24, 2.45) is 0 Å². The van der Waals surface area contributed by atoms with Gasteiger partial charge in [0.2, 0.25) is 0 Å². The number of hydrogen-bond donors (Lipinski definition) is 2. The van der Waals surface area contributed by atoms with E-state index in [-0.39, 0.29) is 11.3 Å². The zero-order valence-electron chi connectivity index (χ0n) is 9.16. The maximum atomic E-state index is 11.2. The fourth-order valence-corrected chi connectivity index (χ4v) is 1.46. The lowest BCUT2D eigenvalue weighted by Crippen LogP contribution is -2.14. The summed E-state index contributed by atoms with van der Waals surface area (Å²) < 4.78 is 0. The fraction of sp³-hybridized carbons (Fsp3) is 0.0909. The molecular formula is C11H9N3O4. The van der Waals surface area contributed by atoms with Gasteiger partial charge in [-0.2, -0.15) is 5.10 Å². The van der Waals surface area contributed by atoms with E-state index in [1.165, 1.54) is 30.3 Å². The second-order valence-corrected chi connectivity index (χ2v) is 3.57. The second-order valence-electron chi connectivity index (χ2n) is 3.57. The van der Waals surface area contributed by atoms with Gasteiger partial charge in [-0.05, 0) is 18.2 Å². The van der Waals surface area contributed by atoms with E-state index in [1.807, 2.05) is 0 Å². The minimum absolute atomic E-state index is 0.0226. The lowest BCUT2D eigenvalue weighted by molar-refractivity contribution is -0.384. The van der Waals surface area contributed by atoms with E-state index < -0.39 is 17.1 Å². The maximum Gasteiger partial charge on any atom is 0.269 e. The van der Waals surface area contributed by atoms with E-state index in [1.54, 1.807) is 0 Å². The monoisotopic (exact) mass is 247 g/mol. The second kappa shape index (κ2) is 4.76. The number of aliphatic hydroxyl groups is 1. The topological polar surface area (TPSA) is 109 Å². The van der Waals surface area contributed by atoms with Gasteiger partial charge in [-0.15, -0.1) is 0 Å². The summed E-state index contributed by atoms with van der Waals surface area (Å²) in [5.41, 5.74) is 0.771. The Hall–Kier alpha value is -2.54. The zero-order valence-corrected chi connectivity index (χ0v) is 9.16. The normalized spacial score (nSPS) is 10.3. The molecule has 0 unspecified atom stereocenters. The van der Waals surface area contributed by atoms with Crippen molar-refractivity contribution in [3.05, 3.63) is 56.4 Å². The number of nitro benzene ring substituents is 1. The molecule has 7 heteroatoms. The third kappa shape index (κ3) is 2.25. The minimum atomic E-state index is -0.497. The Labute approximate surface area is 101 Å². The van der Waals surface area contributed by atoms with Crippen LogP contribution in [-0.2, 0) is 6.61 Å². The highest BCUT2D eigenvalue weighted by Gasteiger charge is 2.08. The molecule has 0 saturated carbocycles. The molecule has 0 aliphatic carbocycles. The summed E-state index contributed by atoms with van der Waals surface area (Å²) in [4.78, 5) is 21.2. The van der Waals surface area contributed by atoms with Gasteiger partial charge in [-0.1, -0.05) is 0 Å². The van der Waals surface area contributed by atoms with Crippen LogP contribution < -0.4 is 5.56 Å². The maximum absolute atomic E-state index is 11.2. The molecule has 0 fully saturated rings. The largest absolute Gasteiger partial charge is 0.391 e. The molecule has 0 bridgehead atoms. The third-order valence-electron chi connectivity index (χ3n) is 2.42. The van der Waals surface area contributed by atoms with Gasteiger partial charge >= 0.3 is 0 Å². The molecule has 1 heterocycles. The van der Waals surface area contributed by atoms with Crippen LogP contribution in [0, 0.1) is 10.1 Å². The lowest BCUT2D eigenvalue weighted by atomic mass is 10.1. The highest BCUT2D eigenvalue weighted by molar-refractivity contribution is 5.60. The summed E-state index contributed by atoms with van der Waals surface area (Å²) in [6.07, 6.45) is 0. The minimum Gasteiger partial charge on any atom is -0.391 e. The predicted octanol–water partition coefficient (Wildman–Crippen LogP) is 0.837. The number of rotatable bonds is 3. The van der Waals surface area contributed by atoms with Crippen LogP contribution in [0.25, 0.3) is 11.3 Å². The first kappa shape index (κ1) is 11.9. The van der Waals surface area contributed by atoms with Crippen LogP contribution in [0.15, 0.2) is 35.1 Å². The quantitative estimate of drug-likeness (QED) is 0.616. The van der Waals surface area contributed by atoms with Crippen LogP contribution in [-0.4, -0.2) is 20.2 Å². The average Bonchev–Trinajstić information content (AvgIpc) is 2.39. The van der Waals surface area contributed by atoms with Crippen molar-refractivity contribution in [1.29, 1.82) is 0 Å². The van der Waals surface area contributed by atoms with Crippen LogP contribution in [0.5, 0.6) is 0 Å². The number of benzene rings is 1. The molecule has 2 N–H and O–H groups in total. The Morgan fingerprint density at radius 2 is 2.00 bits per heavy atom. The van der Waals surface area contributed by atoms with E-state index >= 15 is 0 Å². The summed E-state index contributed by atoms with van der Waals surface area (Å²) >= 11 is 0. The van der Waals surface area contributed by atoms with Crippen LogP contribution in [0.4, 0.5) is 5.69 Å². The zero-order chi connectivity index (χ0) is 13.1. The molecule has 0 aliphatic rings. The van der Waals surface area contributed by atoms with Gasteiger partial charge in [0.1, 0.15) is 0 Å². The number of hydrogen-bond acceptors (Lipinski definition) is 5. The van der Waals surface area contributed by atoms with Crippen molar-refractivity contribution in [3.8, 4) is 11.3 Å². The molecule has 92 valence electrons. The molecule has 0 saturated heterocycles. The SMILES string of the molecule is O=c1[nH]nc(-c2ccc([N+](=O)[O-])cc2)cc1CO. The summed E-state index contributed by atoms with van der Waals surface area (Å²) in [6, 6.07) is 7.20. The van der Waals surface area contributed by atoms with Gasteiger partial charge < -0.3 is 5.11 Å². The van der Waals surface area contributed by atoms with Crippen LogP contribution >= 0.6 is 0 Å². The number of nitrogens with one attached hydrogen (secondary N) is 1.